The van der Waals surface area contributed by atoms with E-state index < -0.39 is 5.24 Å². The van der Waals surface area contributed by atoms with Crippen molar-refractivity contribution in [3.05, 3.63) is 11.8 Å². The lowest BCUT2D eigenvalue weighted by atomic mass is 10.3. The normalized spacial score (nSPS) is 10.5. The van der Waals surface area contributed by atoms with Crippen LogP contribution in [-0.4, -0.2) is 27.5 Å². The standard InChI is InChI=1S/C9H12ClN3OS/c1-5(2)12-8-6(7(10)14)4-11-9(13-8)15-3/h4-5H,1-3H3,(H,11,12,13). The molecule has 0 aromatic carbocycles. The van der Waals surface area contributed by atoms with Gasteiger partial charge in [0, 0.05) is 12.2 Å². The van der Waals surface area contributed by atoms with Crippen molar-refractivity contribution in [3.8, 4) is 0 Å². The Morgan fingerprint density at radius 1 is 1.60 bits per heavy atom. The van der Waals surface area contributed by atoms with Crippen LogP contribution in [0.2, 0.25) is 0 Å². The molecule has 6 heteroatoms. The van der Waals surface area contributed by atoms with Gasteiger partial charge < -0.3 is 5.32 Å². The van der Waals surface area contributed by atoms with Gasteiger partial charge in [-0.25, -0.2) is 9.97 Å². The fourth-order valence-corrected chi connectivity index (χ4v) is 1.47. The number of nitrogens with zero attached hydrogens (tertiary/aromatic N) is 2. The molecule has 0 bridgehead atoms. The van der Waals surface area contributed by atoms with Crippen LogP contribution in [0.25, 0.3) is 0 Å². The van der Waals surface area contributed by atoms with Crippen LogP contribution in [0, 0.1) is 0 Å². The molecule has 0 amide bonds. The molecule has 0 saturated carbocycles. The molecule has 0 atom stereocenters. The molecule has 0 aliphatic rings. The number of thioether (sulfide) groups is 1. The lowest BCUT2D eigenvalue weighted by Crippen LogP contribution is -2.14. The molecule has 0 spiro atoms. The Bertz CT molecular complexity index is 370. The summed E-state index contributed by atoms with van der Waals surface area (Å²) in [6.45, 7) is 3.92. The monoisotopic (exact) mass is 245 g/mol. The van der Waals surface area contributed by atoms with E-state index >= 15 is 0 Å². The number of carbonyl (C=O) groups excluding carboxylic acids is 1. The SMILES string of the molecule is CSc1ncc(C(=O)Cl)c(NC(C)C)n1. The molecule has 0 aliphatic carbocycles. The Balaban J connectivity index is 3.10. The second-order valence-electron chi connectivity index (χ2n) is 3.19. The van der Waals surface area contributed by atoms with Gasteiger partial charge >= 0.3 is 0 Å². The highest BCUT2D eigenvalue weighted by Gasteiger charge is 2.13. The van der Waals surface area contributed by atoms with E-state index in [2.05, 4.69) is 15.3 Å². The number of aromatic nitrogens is 2. The first-order chi connectivity index (χ1) is 7.04. The number of hydrogen-bond acceptors (Lipinski definition) is 5. The smallest absolute Gasteiger partial charge is 0.257 e. The van der Waals surface area contributed by atoms with Gasteiger partial charge in [0.2, 0.25) is 0 Å². The Morgan fingerprint density at radius 2 is 2.27 bits per heavy atom. The highest BCUT2D eigenvalue weighted by atomic mass is 35.5. The third-order valence-corrected chi connectivity index (χ3v) is 2.35. The summed E-state index contributed by atoms with van der Waals surface area (Å²) in [6.07, 6.45) is 3.32. The largest absolute Gasteiger partial charge is 0.367 e. The van der Waals surface area contributed by atoms with Crippen molar-refractivity contribution >= 4 is 34.4 Å². The molecule has 1 aromatic heterocycles. The van der Waals surface area contributed by atoms with Crippen molar-refractivity contribution in [1.82, 2.24) is 9.97 Å². The van der Waals surface area contributed by atoms with Crippen molar-refractivity contribution in [2.24, 2.45) is 0 Å². The number of rotatable bonds is 4. The van der Waals surface area contributed by atoms with Gasteiger partial charge in [-0.3, -0.25) is 4.79 Å². The molecule has 0 unspecified atom stereocenters. The van der Waals surface area contributed by atoms with E-state index in [-0.39, 0.29) is 6.04 Å². The molecular formula is C9H12ClN3OS. The van der Waals surface area contributed by atoms with E-state index in [4.69, 9.17) is 11.6 Å². The van der Waals surface area contributed by atoms with E-state index in [0.29, 0.717) is 16.5 Å². The van der Waals surface area contributed by atoms with Crippen LogP contribution < -0.4 is 5.32 Å². The van der Waals surface area contributed by atoms with Crippen LogP contribution in [0.5, 0.6) is 0 Å². The zero-order valence-electron chi connectivity index (χ0n) is 8.74. The van der Waals surface area contributed by atoms with Crippen LogP contribution in [0.4, 0.5) is 5.82 Å². The number of nitrogens with one attached hydrogen (secondary N) is 1. The minimum absolute atomic E-state index is 0.185. The third kappa shape index (κ3) is 3.35. The van der Waals surface area contributed by atoms with E-state index in [1.807, 2.05) is 20.1 Å². The van der Waals surface area contributed by atoms with Gasteiger partial charge in [0.05, 0.1) is 5.56 Å². The summed E-state index contributed by atoms with van der Waals surface area (Å²) in [5.41, 5.74) is 0.308. The Morgan fingerprint density at radius 3 is 2.73 bits per heavy atom. The second kappa shape index (κ2) is 5.32. The summed E-state index contributed by atoms with van der Waals surface area (Å²) in [6, 6.07) is 0.185. The first-order valence-electron chi connectivity index (χ1n) is 4.42. The molecule has 15 heavy (non-hydrogen) atoms. The fraction of sp³-hybridized carbons (Fsp3) is 0.444. The van der Waals surface area contributed by atoms with Gasteiger partial charge in [0.15, 0.2) is 5.16 Å². The highest BCUT2D eigenvalue weighted by molar-refractivity contribution is 7.98. The maximum absolute atomic E-state index is 11.1. The first-order valence-corrected chi connectivity index (χ1v) is 6.02. The van der Waals surface area contributed by atoms with Crippen LogP contribution in [0.15, 0.2) is 11.4 Å². The van der Waals surface area contributed by atoms with E-state index in [1.165, 1.54) is 18.0 Å². The van der Waals surface area contributed by atoms with Crippen LogP contribution in [-0.2, 0) is 0 Å². The molecule has 4 nitrogen and oxygen atoms in total. The van der Waals surface area contributed by atoms with Crippen molar-refractivity contribution < 1.29 is 4.79 Å². The lowest BCUT2D eigenvalue weighted by Gasteiger charge is -2.11. The van der Waals surface area contributed by atoms with Crippen molar-refractivity contribution in [2.45, 2.75) is 25.0 Å². The predicted octanol–water partition coefficient (Wildman–Crippen LogP) is 2.40. The van der Waals surface area contributed by atoms with Crippen molar-refractivity contribution in [1.29, 1.82) is 0 Å². The van der Waals surface area contributed by atoms with Crippen LogP contribution >= 0.6 is 23.4 Å². The Labute approximate surface area is 97.8 Å². The quantitative estimate of drug-likeness (QED) is 0.502. The van der Waals surface area contributed by atoms with E-state index in [1.54, 1.807) is 0 Å². The molecule has 0 aliphatic heterocycles. The maximum Gasteiger partial charge on any atom is 0.257 e. The second-order valence-corrected chi connectivity index (χ2v) is 4.31. The molecule has 1 N–H and O–H groups in total. The van der Waals surface area contributed by atoms with Crippen LogP contribution in [0.3, 0.4) is 0 Å². The first kappa shape index (κ1) is 12.3. The summed E-state index contributed by atoms with van der Waals surface area (Å²) in [5, 5.41) is 3.12. The summed E-state index contributed by atoms with van der Waals surface area (Å²) in [5.74, 6) is 0.490. The van der Waals surface area contributed by atoms with Gasteiger partial charge in [0.25, 0.3) is 5.24 Å². The fourth-order valence-electron chi connectivity index (χ4n) is 0.991. The zero-order valence-corrected chi connectivity index (χ0v) is 10.3. The summed E-state index contributed by atoms with van der Waals surface area (Å²) < 4.78 is 0. The number of halogens is 1. The minimum Gasteiger partial charge on any atom is -0.367 e. The third-order valence-electron chi connectivity index (χ3n) is 1.59. The average Bonchev–Trinajstić information content (AvgIpc) is 2.16. The van der Waals surface area contributed by atoms with Crippen LogP contribution in [0.1, 0.15) is 24.2 Å². The number of hydrogen-bond donors (Lipinski definition) is 1. The molecule has 0 saturated heterocycles. The minimum atomic E-state index is -0.550. The maximum atomic E-state index is 11.1. The molecule has 1 heterocycles. The van der Waals surface area contributed by atoms with E-state index in [0.717, 1.165) is 0 Å². The summed E-state index contributed by atoms with van der Waals surface area (Å²) >= 11 is 6.84. The van der Waals surface area contributed by atoms with Gasteiger partial charge in [-0.15, -0.1) is 0 Å². The van der Waals surface area contributed by atoms with Gasteiger partial charge in [-0.05, 0) is 31.7 Å². The van der Waals surface area contributed by atoms with Gasteiger partial charge in [0.1, 0.15) is 5.82 Å². The van der Waals surface area contributed by atoms with Crippen molar-refractivity contribution in [3.63, 3.8) is 0 Å². The predicted molar refractivity (Wildman–Crippen MR) is 62.8 cm³/mol. The molecular weight excluding hydrogens is 234 g/mol. The Hall–Kier alpha value is -0.810. The molecule has 82 valence electrons. The van der Waals surface area contributed by atoms with Gasteiger partial charge in [-0.1, -0.05) is 11.8 Å². The summed E-state index contributed by atoms with van der Waals surface area (Å²) in [7, 11) is 0. The number of anilines is 1. The highest BCUT2D eigenvalue weighted by Crippen LogP contribution is 2.18. The van der Waals surface area contributed by atoms with E-state index in [9.17, 15) is 4.79 Å². The zero-order chi connectivity index (χ0) is 11.4. The molecule has 0 fully saturated rings. The topological polar surface area (TPSA) is 54.9 Å². The lowest BCUT2D eigenvalue weighted by molar-refractivity contribution is 0.108. The summed E-state index contributed by atoms with van der Waals surface area (Å²) in [4.78, 5) is 19.3. The average molecular weight is 246 g/mol. The van der Waals surface area contributed by atoms with Gasteiger partial charge in [-0.2, -0.15) is 0 Å². The molecule has 1 aromatic rings. The Kier molecular flexibility index (Phi) is 4.35. The van der Waals surface area contributed by atoms with Crippen molar-refractivity contribution in [2.75, 3.05) is 11.6 Å². The molecule has 0 radical (unpaired) electrons. The number of carbonyl (C=O) groups is 1. The molecule has 1 rings (SSSR count).